The van der Waals surface area contributed by atoms with Crippen LogP contribution in [0.3, 0.4) is 0 Å². The zero-order chi connectivity index (χ0) is 19.1. The maximum Gasteiger partial charge on any atom is 0.156 e. The Hall–Kier alpha value is -2.47. The van der Waals surface area contributed by atoms with E-state index in [0.29, 0.717) is 11.7 Å². The van der Waals surface area contributed by atoms with Crippen LogP contribution in [-0.2, 0) is 0 Å². The first-order valence-electron chi connectivity index (χ1n) is 10.2. The van der Waals surface area contributed by atoms with E-state index in [0.717, 1.165) is 41.6 Å². The summed E-state index contributed by atoms with van der Waals surface area (Å²) in [7, 11) is 1.60. The summed E-state index contributed by atoms with van der Waals surface area (Å²) in [6.07, 6.45) is 8.31. The molecule has 3 heterocycles. The highest BCUT2D eigenvalue weighted by molar-refractivity contribution is 5.71. The second-order valence-electron chi connectivity index (χ2n) is 7.95. The van der Waals surface area contributed by atoms with Crippen LogP contribution in [0.1, 0.15) is 43.8 Å². The van der Waals surface area contributed by atoms with Crippen molar-refractivity contribution in [3.8, 4) is 16.9 Å². The Balaban J connectivity index is 1.45. The van der Waals surface area contributed by atoms with Gasteiger partial charge in [-0.15, -0.1) is 0 Å². The molecule has 146 valence electrons. The Bertz CT molecular complexity index is 997. The zero-order valence-corrected chi connectivity index (χ0v) is 16.1. The van der Waals surface area contributed by atoms with Crippen molar-refractivity contribution in [1.29, 1.82) is 0 Å². The molecule has 28 heavy (non-hydrogen) atoms. The lowest BCUT2D eigenvalue weighted by Crippen LogP contribution is -2.45. The molecule has 0 radical (unpaired) electrons. The minimum absolute atomic E-state index is 0.284. The van der Waals surface area contributed by atoms with Crippen LogP contribution >= 0.6 is 0 Å². The fraction of sp³-hybridized carbons (Fsp3) is 0.455. The zero-order valence-electron chi connectivity index (χ0n) is 16.1. The van der Waals surface area contributed by atoms with E-state index >= 15 is 0 Å². The van der Waals surface area contributed by atoms with Crippen LogP contribution in [0.15, 0.2) is 36.5 Å². The first-order valence-corrected chi connectivity index (χ1v) is 10.2. The molecule has 2 aliphatic rings. The summed E-state index contributed by atoms with van der Waals surface area (Å²) in [4.78, 5) is 7.42. The van der Waals surface area contributed by atoms with E-state index in [1.165, 1.54) is 44.4 Å². The van der Waals surface area contributed by atoms with Gasteiger partial charge >= 0.3 is 0 Å². The molecular formula is C22H25FN4O. The fourth-order valence-electron chi connectivity index (χ4n) is 4.44. The summed E-state index contributed by atoms with van der Waals surface area (Å²) in [6.45, 7) is 2.27. The SMILES string of the molecule is COc1ccc(F)cc1-c1ccc2nc([C@@H]3CCCN(C4CCC4)C3)nn2c1. The molecule has 0 bridgehead atoms. The van der Waals surface area contributed by atoms with Gasteiger partial charge < -0.3 is 4.74 Å². The van der Waals surface area contributed by atoms with Gasteiger partial charge in [0.05, 0.1) is 7.11 Å². The summed E-state index contributed by atoms with van der Waals surface area (Å²) in [5.41, 5.74) is 2.41. The van der Waals surface area contributed by atoms with Gasteiger partial charge in [0.2, 0.25) is 0 Å². The van der Waals surface area contributed by atoms with Gasteiger partial charge in [0.25, 0.3) is 0 Å². The van der Waals surface area contributed by atoms with Crippen LogP contribution in [0.25, 0.3) is 16.8 Å². The number of hydrogen-bond donors (Lipinski definition) is 0. The van der Waals surface area contributed by atoms with E-state index in [2.05, 4.69) is 4.90 Å². The number of hydrogen-bond acceptors (Lipinski definition) is 4. The van der Waals surface area contributed by atoms with Crippen molar-refractivity contribution < 1.29 is 9.13 Å². The van der Waals surface area contributed by atoms with Gasteiger partial charge in [0.1, 0.15) is 11.6 Å². The van der Waals surface area contributed by atoms with Crippen LogP contribution in [0, 0.1) is 5.82 Å². The number of pyridine rings is 1. The molecule has 1 aliphatic carbocycles. The highest BCUT2D eigenvalue weighted by atomic mass is 19.1. The summed E-state index contributed by atoms with van der Waals surface area (Å²) in [5, 5.41) is 4.78. The van der Waals surface area contributed by atoms with Gasteiger partial charge in [-0.2, -0.15) is 5.10 Å². The van der Waals surface area contributed by atoms with Crippen molar-refractivity contribution in [1.82, 2.24) is 19.5 Å². The largest absolute Gasteiger partial charge is 0.496 e. The normalized spacial score (nSPS) is 21.0. The molecule has 0 amide bonds. The molecule has 0 spiro atoms. The third-order valence-corrected chi connectivity index (χ3v) is 6.23. The topological polar surface area (TPSA) is 42.7 Å². The maximum absolute atomic E-state index is 13.8. The Morgan fingerprint density at radius 2 is 2.00 bits per heavy atom. The van der Waals surface area contributed by atoms with E-state index in [1.807, 2.05) is 22.8 Å². The summed E-state index contributed by atoms with van der Waals surface area (Å²) in [5.74, 6) is 1.67. The van der Waals surface area contributed by atoms with Crippen molar-refractivity contribution >= 4 is 5.65 Å². The average molecular weight is 380 g/mol. The third kappa shape index (κ3) is 3.15. The number of halogens is 1. The van der Waals surface area contributed by atoms with Crippen molar-refractivity contribution in [2.75, 3.05) is 20.2 Å². The number of piperidine rings is 1. The molecule has 1 saturated carbocycles. The lowest BCUT2D eigenvalue weighted by molar-refractivity contribution is 0.0929. The molecule has 0 unspecified atom stereocenters. The van der Waals surface area contributed by atoms with Crippen molar-refractivity contribution in [2.24, 2.45) is 0 Å². The van der Waals surface area contributed by atoms with Crippen molar-refractivity contribution in [3.63, 3.8) is 0 Å². The number of ether oxygens (including phenoxy) is 1. The summed E-state index contributed by atoms with van der Waals surface area (Å²) >= 11 is 0. The first-order chi connectivity index (χ1) is 13.7. The highest BCUT2D eigenvalue weighted by Crippen LogP contribution is 2.33. The van der Waals surface area contributed by atoms with Crippen LogP contribution in [0.4, 0.5) is 4.39 Å². The number of aromatic nitrogens is 3. The number of fused-ring (bicyclic) bond motifs is 1. The van der Waals surface area contributed by atoms with E-state index in [4.69, 9.17) is 14.8 Å². The quantitative estimate of drug-likeness (QED) is 0.678. The molecule has 6 heteroatoms. The lowest BCUT2D eigenvalue weighted by Gasteiger charge is -2.41. The predicted octanol–water partition coefficient (Wildman–Crippen LogP) is 4.28. The van der Waals surface area contributed by atoms with Crippen molar-refractivity contribution in [2.45, 2.75) is 44.1 Å². The molecule has 1 atom stereocenters. The van der Waals surface area contributed by atoms with Crippen LogP contribution in [-0.4, -0.2) is 45.7 Å². The minimum atomic E-state index is -0.284. The molecule has 5 nitrogen and oxygen atoms in total. The number of nitrogens with zero attached hydrogens (tertiary/aromatic N) is 4. The monoisotopic (exact) mass is 380 g/mol. The molecule has 0 N–H and O–H groups in total. The number of rotatable bonds is 4. The standard InChI is InChI=1S/C22H25FN4O/c1-28-20-9-8-17(23)12-19(20)15-7-10-21-24-22(25-27(21)14-15)16-4-3-11-26(13-16)18-5-2-6-18/h7-10,12,14,16,18H,2-6,11,13H2,1H3/t16-/m1/s1. The highest BCUT2D eigenvalue weighted by Gasteiger charge is 2.31. The first kappa shape index (κ1) is 17.6. The third-order valence-electron chi connectivity index (χ3n) is 6.23. The molecule has 5 rings (SSSR count). The molecule has 1 aliphatic heterocycles. The van der Waals surface area contributed by atoms with E-state index in [9.17, 15) is 4.39 Å². The molecule has 2 aromatic heterocycles. The van der Waals surface area contributed by atoms with Gasteiger partial charge in [0, 0.05) is 35.8 Å². The summed E-state index contributed by atoms with van der Waals surface area (Å²) in [6, 6.07) is 9.22. The molecule has 1 saturated heterocycles. The minimum Gasteiger partial charge on any atom is -0.496 e. The second kappa shape index (κ2) is 7.17. The Morgan fingerprint density at radius 3 is 2.79 bits per heavy atom. The van der Waals surface area contributed by atoms with Gasteiger partial charge in [-0.3, -0.25) is 4.90 Å². The predicted molar refractivity (Wildman–Crippen MR) is 106 cm³/mol. The molecule has 2 fully saturated rings. The van der Waals surface area contributed by atoms with E-state index in [-0.39, 0.29) is 5.82 Å². The van der Waals surface area contributed by atoms with E-state index < -0.39 is 0 Å². The molecule has 1 aromatic carbocycles. The van der Waals surface area contributed by atoms with Gasteiger partial charge in [0.15, 0.2) is 11.5 Å². The number of likely N-dealkylation sites (tertiary alicyclic amines) is 1. The number of methoxy groups -OCH3 is 1. The van der Waals surface area contributed by atoms with Gasteiger partial charge in [-0.1, -0.05) is 6.42 Å². The van der Waals surface area contributed by atoms with E-state index in [1.54, 1.807) is 13.2 Å². The van der Waals surface area contributed by atoms with Gasteiger partial charge in [-0.25, -0.2) is 13.9 Å². The lowest BCUT2D eigenvalue weighted by atomic mass is 9.87. The van der Waals surface area contributed by atoms with Crippen LogP contribution in [0.2, 0.25) is 0 Å². The second-order valence-corrected chi connectivity index (χ2v) is 7.95. The Labute approximate surface area is 164 Å². The number of benzene rings is 1. The molecule has 3 aromatic rings. The average Bonchev–Trinajstić information content (AvgIpc) is 3.10. The maximum atomic E-state index is 13.8. The Kier molecular flexibility index (Phi) is 4.51. The van der Waals surface area contributed by atoms with Crippen LogP contribution in [0.5, 0.6) is 5.75 Å². The van der Waals surface area contributed by atoms with Gasteiger partial charge in [-0.05, 0) is 62.6 Å². The molecular weight excluding hydrogens is 355 g/mol. The van der Waals surface area contributed by atoms with Crippen LogP contribution < -0.4 is 4.74 Å². The Morgan fingerprint density at radius 1 is 1.11 bits per heavy atom. The smallest absolute Gasteiger partial charge is 0.156 e. The summed E-state index contributed by atoms with van der Waals surface area (Å²) < 4.78 is 21.0. The van der Waals surface area contributed by atoms with Crippen molar-refractivity contribution in [3.05, 3.63) is 48.2 Å². The fourth-order valence-corrected chi connectivity index (χ4v) is 4.44.